The van der Waals surface area contributed by atoms with E-state index in [9.17, 15) is 0 Å². The van der Waals surface area contributed by atoms with E-state index in [1.54, 1.807) is 0 Å². The zero-order valence-corrected chi connectivity index (χ0v) is 10.2. The van der Waals surface area contributed by atoms with Crippen molar-refractivity contribution in [3.8, 4) is 0 Å². The SMILES string of the molecule is CC1CCC(C2CCCC2Br)CC1. The van der Waals surface area contributed by atoms with Crippen LogP contribution in [-0.4, -0.2) is 4.83 Å². The lowest BCUT2D eigenvalue weighted by atomic mass is 9.76. The molecule has 0 aromatic carbocycles. The minimum Gasteiger partial charge on any atom is -0.0888 e. The Kier molecular flexibility index (Phi) is 3.34. The van der Waals surface area contributed by atoms with Gasteiger partial charge in [-0.25, -0.2) is 0 Å². The minimum absolute atomic E-state index is 0.853. The van der Waals surface area contributed by atoms with Gasteiger partial charge < -0.3 is 0 Å². The summed E-state index contributed by atoms with van der Waals surface area (Å²) in [5, 5.41) is 0. The molecule has 2 aliphatic carbocycles. The molecule has 0 saturated heterocycles. The molecule has 0 aromatic rings. The van der Waals surface area contributed by atoms with Gasteiger partial charge in [-0.05, 0) is 43.4 Å². The van der Waals surface area contributed by atoms with Crippen LogP contribution in [-0.2, 0) is 0 Å². The maximum Gasteiger partial charge on any atom is 0.0176 e. The molecule has 0 aromatic heterocycles. The second-order valence-electron chi connectivity index (χ2n) is 5.13. The number of hydrogen-bond donors (Lipinski definition) is 0. The highest BCUT2D eigenvalue weighted by atomic mass is 79.9. The van der Waals surface area contributed by atoms with E-state index in [1.165, 1.54) is 44.9 Å². The molecule has 2 fully saturated rings. The fraction of sp³-hybridized carbons (Fsp3) is 1.00. The molecule has 13 heavy (non-hydrogen) atoms. The first-order chi connectivity index (χ1) is 6.27. The van der Waals surface area contributed by atoms with E-state index >= 15 is 0 Å². The Balaban J connectivity index is 1.86. The molecule has 0 spiro atoms. The van der Waals surface area contributed by atoms with E-state index in [4.69, 9.17) is 0 Å². The van der Waals surface area contributed by atoms with Crippen LogP contribution in [0.25, 0.3) is 0 Å². The number of rotatable bonds is 1. The van der Waals surface area contributed by atoms with Crippen LogP contribution in [0.1, 0.15) is 51.9 Å². The third kappa shape index (κ3) is 2.29. The quantitative estimate of drug-likeness (QED) is 0.601. The van der Waals surface area contributed by atoms with Crippen LogP contribution in [0.3, 0.4) is 0 Å². The van der Waals surface area contributed by atoms with Crippen molar-refractivity contribution >= 4 is 15.9 Å². The zero-order valence-electron chi connectivity index (χ0n) is 8.64. The van der Waals surface area contributed by atoms with E-state index in [1.807, 2.05) is 0 Å². The molecule has 2 atom stereocenters. The summed E-state index contributed by atoms with van der Waals surface area (Å²) >= 11 is 3.86. The van der Waals surface area contributed by atoms with E-state index in [-0.39, 0.29) is 0 Å². The van der Waals surface area contributed by atoms with Crippen LogP contribution in [0.5, 0.6) is 0 Å². The summed E-state index contributed by atoms with van der Waals surface area (Å²) in [5.74, 6) is 3.09. The number of halogens is 1. The van der Waals surface area contributed by atoms with Crippen molar-refractivity contribution in [3.05, 3.63) is 0 Å². The fourth-order valence-electron chi connectivity index (χ4n) is 3.19. The smallest absolute Gasteiger partial charge is 0.0176 e. The Morgan fingerprint density at radius 1 is 0.923 bits per heavy atom. The molecule has 2 rings (SSSR count). The zero-order chi connectivity index (χ0) is 9.26. The average molecular weight is 245 g/mol. The largest absolute Gasteiger partial charge is 0.0888 e. The first kappa shape index (κ1) is 10.0. The van der Waals surface area contributed by atoms with Gasteiger partial charge in [-0.2, -0.15) is 0 Å². The summed E-state index contributed by atoms with van der Waals surface area (Å²) < 4.78 is 0. The van der Waals surface area contributed by atoms with Crippen LogP contribution >= 0.6 is 15.9 Å². The molecule has 0 amide bonds. The molecular weight excluding hydrogens is 224 g/mol. The Morgan fingerprint density at radius 3 is 2.15 bits per heavy atom. The van der Waals surface area contributed by atoms with Crippen LogP contribution in [0.2, 0.25) is 0 Å². The summed E-state index contributed by atoms with van der Waals surface area (Å²) in [6.07, 6.45) is 10.4. The second-order valence-corrected chi connectivity index (χ2v) is 6.31. The lowest BCUT2D eigenvalue weighted by Gasteiger charge is -2.32. The molecule has 2 saturated carbocycles. The summed E-state index contributed by atoms with van der Waals surface area (Å²) in [4.78, 5) is 0.853. The first-order valence-electron chi connectivity index (χ1n) is 5.91. The van der Waals surface area contributed by atoms with Crippen molar-refractivity contribution in [1.29, 1.82) is 0 Å². The van der Waals surface area contributed by atoms with Gasteiger partial charge in [-0.3, -0.25) is 0 Å². The van der Waals surface area contributed by atoms with Crippen molar-refractivity contribution in [2.75, 3.05) is 0 Å². The van der Waals surface area contributed by atoms with Gasteiger partial charge >= 0.3 is 0 Å². The topological polar surface area (TPSA) is 0 Å². The predicted molar refractivity (Wildman–Crippen MR) is 61.2 cm³/mol. The van der Waals surface area contributed by atoms with E-state index in [2.05, 4.69) is 22.9 Å². The Bertz CT molecular complexity index is 159. The third-order valence-corrected chi connectivity index (χ3v) is 5.28. The standard InChI is InChI=1S/C12H21Br/c1-9-5-7-10(8-6-9)11-3-2-4-12(11)13/h9-12H,2-8H2,1H3. The van der Waals surface area contributed by atoms with Gasteiger partial charge in [0.1, 0.15) is 0 Å². The first-order valence-corrected chi connectivity index (χ1v) is 6.83. The Labute approximate surface area is 90.6 Å². The van der Waals surface area contributed by atoms with Crippen LogP contribution in [0.15, 0.2) is 0 Å². The lowest BCUT2D eigenvalue weighted by Crippen LogP contribution is -2.23. The molecule has 2 aliphatic rings. The molecule has 2 unspecified atom stereocenters. The maximum absolute atomic E-state index is 3.86. The van der Waals surface area contributed by atoms with E-state index in [0.717, 1.165) is 22.6 Å². The van der Waals surface area contributed by atoms with Gasteiger partial charge in [-0.15, -0.1) is 0 Å². The van der Waals surface area contributed by atoms with Crippen LogP contribution in [0.4, 0.5) is 0 Å². The third-order valence-electron chi connectivity index (χ3n) is 4.15. The van der Waals surface area contributed by atoms with Gasteiger partial charge in [0, 0.05) is 4.83 Å². The summed E-state index contributed by atoms with van der Waals surface area (Å²) in [7, 11) is 0. The molecule has 0 nitrogen and oxygen atoms in total. The second kappa shape index (κ2) is 4.33. The van der Waals surface area contributed by atoms with Gasteiger partial charge in [-0.1, -0.05) is 42.1 Å². The Morgan fingerprint density at radius 2 is 1.62 bits per heavy atom. The highest BCUT2D eigenvalue weighted by Crippen LogP contribution is 2.43. The molecule has 0 heterocycles. The number of alkyl halides is 1. The summed E-state index contributed by atoms with van der Waals surface area (Å²) in [6, 6.07) is 0. The molecule has 1 heteroatoms. The minimum atomic E-state index is 0.853. The van der Waals surface area contributed by atoms with Gasteiger partial charge in [0.15, 0.2) is 0 Å². The molecule has 0 N–H and O–H groups in total. The van der Waals surface area contributed by atoms with Crippen molar-refractivity contribution in [2.24, 2.45) is 17.8 Å². The van der Waals surface area contributed by atoms with E-state index < -0.39 is 0 Å². The van der Waals surface area contributed by atoms with Gasteiger partial charge in [0.25, 0.3) is 0 Å². The summed E-state index contributed by atoms with van der Waals surface area (Å²) in [6.45, 7) is 2.41. The highest BCUT2D eigenvalue weighted by molar-refractivity contribution is 9.09. The molecule has 76 valence electrons. The molecule has 0 radical (unpaired) electrons. The summed E-state index contributed by atoms with van der Waals surface area (Å²) in [5.41, 5.74) is 0. The van der Waals surface area contributed by atoms with Crippen molar-refractivity contribution in [3.63, 3.8) is 0 Å². The van der Waals surface area contributed by atoms with Crippen molar-refractivity contribution < 1.29 is 0 Å². The van der Waals surface area contributed by atoms with Crippen molar-refractivity contribution in [2.45, 2.75) is 56.7 Å². The Hall–Kier alpha value is 0.480. The average Bonchev–Trinajstić information content (AvgIpc) is 2.53. The van der Waals surface area contributed by atoms with Gasteiger partial charge in [0.05, 0.1) is 0 Å². The van der Waals surface area contributed by atoms with Gasteiger partial charge in [0.2, 0.25) is 0 Å². The monoisotopic (exact) mass is 244 g/mol. The molecule has 0 bridgehead atoms. The highest BCUT2D eigenvalue weighted by Gasteiger charge is 2.33. The fourth-order valence-corrected chi connectivity index (χ4v) is 4.21. The molecule has 0 aliphatic heterocycles. The van der Waals surface area contributed by atoms with E-state index in [0.29, 0.717) is 0 Å². The van der Waals surface area contributed by atoms with Crippen molar-refractivity contribution in [1.82, 2.24) is 0 Å². The maximum atomic E-state index is 3.86. The predicted octanol–water partition coefficient (Wildman–Crippen LogP) is 4.38. The van der Waals surface area contributed by atoms with Crippen LogP contribution in [0, 0.1) is 17.8 Å². The normalized spacial score (nSPS) is 46.6. The molecular formula is C12H21Br. The number of hydrogen-bond acceptors (Lipinski definition) is 0. The lowest BCUT2D eigenvalue weighted by molar-refractivity contribution is 0.219. The van der Waals surface area contributed by atoms with Crippen LogP contribution < -0.4 is 0 Å².